The highest BCUT2D eigenvalue weighted by atomic mass is 15.2. The Labute approximate surface area is 114 Å². The van der Waals surface area contributed by atoms with Gasteiger partial charge in [-0.25, -0.2) is 9.97 Å². The van der Waals surface area contributed by atoms with Crippen molar-refractivity contribution >= 4 is 11.7 Å². The molecule has 1 atom stereocenters. The number of nitrogens with one attached hydrogen (secondary N) is 1. The molecule has 1 aliphatic heterocycles. The van der Waals surface area contributed by atoms with Crippen molar-refractivity contribution in [2.24, 2.45) is 17.6 Å². The van der Waals surface area contributed by atoms with Crippen LogP contribution in [0.5, 0.6) is 0 Å². The fourth-order valence-electron chi connectivity index (χ4n) is 2.75. The molecule has 5 nitrogen and oxygen atoms in total. The molecule has 2 heterocycles. The molecule has 1 unspecified atom stereocenters. The predicted octanol–water partition coefficient (Wildman–Crippen LogP) is 2.02. The third-order valence-corrected chi connectivity index (χ3v) is 3.95. The van der Waals surface area contributed by atoms with Crippen LogP contribution in [0.1, 0.15) is 38.8 Å². The number of rotatable bonds is 3. The lowest BCUT2D eigenvalue weighted by Gasteiger charge is -2.23. The largest absolute Gasteiger partial charge is 0.382 e. The van der Waals surface area contributed by atoms with Crippen molar-refractivity contribution in [2.45, 2.75) is 33.1 Å². The second-order valence-electron chi connectivity index (χ2n) is 5.56. The normalized spacial score (nSPS) is 20.4. The van der Waals surface area contributed by atoms with Crippen LogP contribution >= 0.6 is 0 Å². The topological polar surface area (TPSA) is 78.9 Å². The predicted molar refractivity (Wildman–Crippen MR) is 77.4 cm³/mol. The first-order valence-corrected chi connectivity index (χ1v) is 7.00. The monoisotopic (exact) mass is 261 g/mol. The summed E-state index contributed by atoms with van der Waals surface area (Å²) in [4.78, 5) is 10.8. The molecule has 104 valence electrons. The average Bonchev–Trinajstić information content (AvgIpc) is 2.64. The lowest BCUT2D eigenvalue weighted by atomic mass is 9.89. The van der Waals surface area contributed by atoms with Gasteiger partial charge in [0.1, 0.15) is 11.5 Å². The summed E-state index contributed by atoms with van der Waals surface area (Å²) in [6.07, 6.45) is 6.87. The molecule has 19 heavy (non-hydrogen) atoms. The van der Waals surface area contributed by atoms with Gasteiger partial charge in [0, 0.05) is 25.5 Å². The van der Waals surface area contributed by atoms with Gasteiger partial charge < -0.3 is 10.6 Å². The molecule has 0 bridgehead atoms. The van der Waals surface area contributed by atoms with E-state index in [2.05, 4.69) is 28.7 Å². The summed E-state index contributed by atoms with van der Waals surface area (Å²) in [5.74, 6) is 2.27. The number of aromatic nitrogens is 2. The molecular formula is C14H23N5. The summed E-state index contributed by atoms with van der Waals surface area (Å²) >= 11 is 0. The van der Waals surface area contributed by atoms with Crippen molar-refractivity contribution in [3.63, 3.8) is 0 Å². The van der Waals surface area contributed by atoms with E-state index >= 15 is 0 Å². The van der Waals surface area contributed by atoms with Gasteiger partial charge >= 0.3 is 0 Å². The van der Waals surface area contributed by atoms with Gasteiger partial charge in [0.25, 0.3) is 0 Å². The Morgan fingerprint density at radius 2 is 2.05 bits per heavy atom. The van der Waals surface area contributed by atoms with Gasteiger partial charge in [0.2, 0.25) is 0 Å². The lowest BCUT2D eigenvalue weighted by Crippen LogP contribution is -2.29. The third kappa shape index (κ3) is 3.22. The number of amidine groups is 1. The van der Waals surface area contributed by atoms with Gasteiger partial charge in [-0.05, 0) is 31.1 Å². The first-order chi connectivity index (χ1) is 9.09. The molecule has 0 saturated carbocycles. The van der Waals surface area contributed by atoms with Gasteiger partial charge in [0.15, 0.2) is 5.82 Å². The Balaban J connectivity index is 2.16. The number of nitrogens with zero attached hydrogens (tertiary/aromatic N) is 3. The maximum Gasteiger partial charge on any atom is 0.158 e. The van der Waals surface area contributed by atoms with E-state index in [9.17, 15) is 0 Å². The van der Waals surface area contributed by atoms with Gasteiger partial charge in [-0.2, -0.15) is 0 Å². The van der Waals surface area contributed by atoms with E-state index in [-0.39, 0.29) is 5.84 Å². The van der Waals surface area contributed by atoms with Crippen molar-refractivity contribution in [3.05, 3.63) is 18.1 Å². The molecule has 0 amide bonds. The summed E-state index contributed by atoms with van der Waals surface area (Å²) in [5, 5.41) is 7.61. The molecule has 2 rings (SSSR count). The standard InChI is InChI=1S/C14H23N5/c1-10(2)11-4-3-8-19(9-5-11)14-12(13(15)16)17-6-7-18-14/h6-7,10-11H,3-5,8-9H2,1-2H3,(H3,15,16). The highest BCUT2D eigenvalue weighted by Gasteiger charge is 2.22. The fraction of sp³-hybridized carbons (Fsp3) is 0.643. The van der Waals surface area contributed by atoms with Crippen LogP contribution in [0.3, 0.4) is 0 Å². The summed E-state index contributed by atoms with van der Waals surface area (Å²) < 4.78 is 0. The van der Waals surface area contributed by atoms with Gasteiger partial charge in [0.05, 0.1) is 0 Å². The van der Waals surface area contributed by atoms with Crippen LogP contribution < -0.4 is 10.6 Å². The van der Waals surface area contributed by atoms with Crippen molar-refractivity contribution in [1.82, 2.24) is 9.97 Å². The Bertz CT molecular complexity index is 443. The van der Waals surface area contributed by atoms with Crippen molar-refractivity contribution in [2.75, 3.05) is 18.0 Å². The molecule has 1 aromatic rings. The van der Waals surface area contributed by atoms with E-state index in [4.69, 9.17) is 11.1 Å². The minimum atomic E-state index is -0.00671. The smallest absolute Gasteiger partial charge is 0.158 e. The van der Waals surface area contributed by atoms with E-state index in [1.165, 1.54) is 12.8 Å². The highest BCUT2D eigenvalue weighted by Crippen LogP contribution is 2.27. The van der Waals surface area contributed by atoms with Crippen molar-refractivity contribution < 1.29 is 0 Å². The quantitative estimate of drug-likeness (QED) is 0.644. The van der Waals surface area contributed by atoms with Crippen LogP contribution in [-0.4, -0.2) is 28.9 Å². The molecule has 0 aromatic carbocycles. The third-order valence-electron chi connectivity index (χ3n) is 3.95. The zero-order chi connectivity index (χ0) is 13.8. The molecule has 0 spiro atoms. The Hall–Kier alpha value is -1.65. The van der Waals surface area contributed by atoms with E-state index in [0.717, 1.165) is 37.2 Å². The summed E-state index contributed by atoms with van der Waals surface area (Å²) in [5.41, 5.74) is 6.10. The molecule has 1 aromatic heterocycles. The minimum Gasteiger partial charge on any atom is -0.382 e. The summed E-state index contributed by atoms with van der Waals surface area (Å²) in [7, 11) is 0. The fourth-order valence-corrected chi connectivity index (χ4v) is 2.75. The number of hydrogen-bond acceptors (Lipinski definition) is 4. The molecule has 5 heteroatoms. The van der Waals surface area contributed by atoms with Crippen molar-refractivity contribution in [1.29, 1.82) is 5.41 Å². The van der Waals surface area contributed by atoms with Crippen molar-refractivity contribution in [3.8, 4) is 0 Å². The number of anilines is 1. The zero-order valence-corrected chi connectivity index (χ0v) is 11.8. The molecule has 0 aliphatic carbocycles. The van der Waals surface area contributed by atoms with Gasteiger partial charge in [-0.3, -0.25) is 5.41 Å². The van der Waals surface area contributed by atoms with E-state index in [0.29, 0.717) is 5.69 Å². The molecule has 1 aliphatic rings. The average molecular weight is 261 g/mol. The maximum atomic E-state index is 7.61. The summed E-state index contributed by atoms with van der Waals surface area (Å²) in [6.45, 7) is 6.54. The first kappa shape index (κ1) is 13.8. The van der Waals surface area contributed by atoms with Gasteiger partial charge in [-0.1, -0.05) is 13.8 Å². The van der Waals surface area contributed by atoms with Crippen LogP contribution in [0.4, 0.5) is 5.82 Å². The maximum absolute atomic E-state index is 7.61. The van der Waals surface area contributed by atoms with Crippen LogP contribution in [0, 0.1) is 17.2 Å². The molecule has 1 fully saturated rings. The number of nitrogens with two attached hydrogens (primary N) is 1. The molecule has 1 saturated heterocycles. The van der Waals surface area contributed by atoms with Crippen LogP contribution in [0.15, 0.2) is 12.4 Å². The number of hydrogen-bond donors (Lipinski definition) is 2. The summed E-state index contributed by atoms with van der Waals surface area (Å²) in [6, 6.07) is 0. The van der Waals surface area contributed by atoms with Crippen LogP contribution in [0.25, 0.3) is 0 Å². The molecule has 3 N–H and O–H groups in total. The Morgan fingerprint density at radius 3 is 2.74 bits per heavy atom. The second kappa shape index (κ2) is 5.99. The first-order valence-electron chi connectivity index (χ1n) is 7.00. The van der Waals surface area contributed by atoms with Gasteiger partial charge in [-0.15, -0.1) is 0 Å². The SMILES string of the molecule is CC(C)C1CCCN(c2nccnc2C(=N)N)CC1. The highest BCUT2D eigenvalue weighted by molar-refractivity contribution is 5.97. The second-order valence-corrected chi connectivity index (χ2v) is 5.56. The van der Waals surface area contributed by atoms with Crippen LogP contribution in [-0.2, 0) is 0 Å². The van der Waals surface area contributed by atoms with E-state index < -0.39 is 0 Å². The van der Waals surface area contributed by atoms with E-state index in [1.807, 2.05) is 0 Å². The Morgan fingerprint density at radius 1 is 1.32 bits per heavy atom. The number of nitrogen functional groups attached to an aromatic ring is 1. The minimum absolute atomic E-state index is 0.00671. The lowest BCUT2D eigenvalue weighted by molar-refractivity contribution is 0.351. The van der Waals surface area contributed by atoms with E-state index in [1.54, 1.807) is 12.4 Å². The Kier molecular flexibility index (Phi) is 4.35. The van der Waals surface area contributed by atoms with Crippen LogP contribution in [0.2, 0.25) is 0 Å². The zero-order valence-electron chi connectivity index (χ0n) is 11.8. The molecule has 0 radical (unpaired) electrons. The molecular weight excluding hydrogens is 238 g/mol.